The summed E-state index contributed by atoms with van der Waals surface area (Å²) in [4.78, 5) is 13.8. The molecule has 0 atom stereocenters. The molecule has 0 aliphatic heterocycles. The second kappa shape index (κ2) is 6.77. The summed E-state index contributed by atoms with van der Waals surface area (Å²) in [6, 6.07) is 7.44. The van der Waals surface area contributed by atoms with Gasteiger partial charge in [0, 0.05) is 15.5 Å². The Morgan fingerprint density at radius 3 is 2.76 bits per heavy atom. The van der Waals surface area contributed by atoms with E-state index in [9.17, 15) is 4.79 Å². The summed E-state index contributed by atoms with van der Waals surface area (Å²) in [5.41, 5.74) is 0.572. The van der Waals surface area contributed by atoms with E-state index in [0.717, 1.165) is 15.4 Å². The number of halogens is 2. The van der Waals surface area contributed by atoms with Crippen molar-refractivity contribution >= 4 is 37.8 Å². The lowest BCUT2D eigenvalue weighted by Crippen LogP contribution is -2.32. The standard InChI is InChI=1S/C12H12Br2N2O/c1-2-6-16(7-5-15)12(17)10-8-9(13)3-4-11(10)14/h3-4,8H,2,6-7H2,1H3. The van der Waals surface area contributed by atoms with Crippen molar-refractivity contribution in [2.45, 2.75) is 13.3 Å². The van der Waals surface area contributed by atoms with Gasteiger partial charge in [-0.1, -0.05) is 22.9 Å². The normalized spacial score (nSPS) is 9.76. The van der Waals surface area contributed by atoms with E-state index in [1.165, 1.54) is 0 Å². The minimum absolute atomic E-state index is 0.117. The zero-order valence-corrected chi connectivity index (χ0v) is 12.6. The van der Waals surface area contributed by atoms with Crippen LogP contribution in [0.3, 0.4) is 0 Å². The van der Waals surface area contributed by atoms with Crippen LogP contribution in [0.1, 0.15) is 23.7 Å². The lowest BCUT2D eigenvalue weighted by Gasteiger charge is -2.19. The van der Waals surface area contributed by atoms with Crippen molar-refractivity contribution in [2.75, 3.05) is 13.1 Å². The number of benzene rings is 1. The largest absolute Gasteiger partial charge is 0.325 e. The van der Waals surface area contributed by atoms with E-state index < -0.39 is 0 Å². The van der Waals surface area contributed by atoms with Gasteiger partial charge in [-0.3, -0.25) is 4.79 Å². The average Bonchev–Trinajstić information content (AvgIpc) is 2.31. The quantitative estimate of drug-likeness (QED) is 0.771. The summed E-state index contributed by atoms with van der Waals surface area (Å²) in [6.07, 6.45) is 0.832. The van der Waals surface area contributed by atoms with Gasteiger partial charge < -0.3 is 4.90 Å². The first kappa shape index (κ1) is 14.2. The number of hydrogen-bond donors (Lipinski definition) is 0. The van der Waals surface area contributed by atoms with Gasteiger partial charge in [0.15, 0.2) is 0 Å². The minimum atomic E-state index is -0.124. The molecule has 1 aromatic carbocycles. The molecule has 0 saturated heterocycles. The van der Waals surface area contributed by atoms with Gasteiger partial charge in [-0.05, 0) is 40.5 Å². The number of nitrogens with zero attached hydrogens (tertiary/aromatic N) is 2. The van der Waals surface area contributed by atoms with E-state index >= 15 is 0 Å². The van der Waals surface area contributed by atoms with Crippen molar-refractivity contribution < 1.29 is 4.79 Å². The summed E-state index contributed by atoms with van der Waals surface area (Å²) >= 11 is 6.69. The number of carbonyl (C=O) groups excluding carboxylic acids is 1. The van der Waals surface area contributed by atoms with Crippen LogP contribution in [0.15, 0.2) is 27.1 Å². The van der Waals surface area contributed by atoms with Crippen LogP contribution in [0.4, 0.5) is 0 Å². The molecular weight excluding hydrogens is 348 g/mol. The van der Waals surface area contributed by atoms with E-state index in [1.807, 2.05) is 25.1 Å². The van der Waals surface area contributed by atoms with Gasteiger partial charge in [0.05, 0.1) is 11.6 Å². The molecule has 1 rings (SSSR count). The summed E-state index contributed by atoms with van der Waals surface area (Å²) in [7, 11) is 0. The molecule has 0 heterocycles. The second-order valence-electron chi connectivity index (χ2n) is 3.51. The first-order chi connectivity index (χ1) is 8.10. The molecule has 90 valence electrons. The van der Waals surface area contributed by atoms with Crippen LogP contribution in [0.2, 0.25) is 0 Å². The van der Waals surface area contributed by atoms with Gasteiger partial charge in [0.25, 0.3) is 5.91 Å². The summed E-state index contributed by atoms with van der Waals surface area (Å²) in [5.74, 6) is -0.124. The molecule has 17 heavy (non-hydrogen) atoms. The highest BCUT2D eigenvalue weighted by molar-refractivity contribution is 9.11. The topological polar surface area (TPSA) is 44.1 Å². The molecule has 0 N–H and O–H groups in total. The summed E-state index contributed by atoms with van der Waals surface area (Å²) in [6.45, 7) is 2.69. The fourth-order valence-corrected chi connectivity index (χ4v) is 2.22. The zero-order chi connectivity index (χ0) is 12.8. The maximum Gasteiger partial charge on any atom is 0.255 e. The van der Waals surface area contributed by atoms with E-state index in [4.69, 9.17) is 5.26 Å². The maximum absolute atomic E-state index is 12.2. The van der Waals surface area contributed by atoms with Gasteiger partial charge in [0.2, 0.25) is 0 Å². The van der Waals surface area contributed by atoms with Crippen molar-refractivity contribution in [2.24, 2.45) is 0 Å². The third-order valence-corrected chi connectivity index (χ3v) is 3.39. The van der Waals surface area contributed by atoms with Crippen LogP contribution in [0, 0.1) is 11.3 Å². The molecule has 0 radical (unpaired) electrons. The highest BCUT2D eigenvalue weighted by Gasteiger charge is 2.17. The van der Waals surface area contributed by atoms with Crippen LogP contribution < -0.4 is 0 Å². The Balaban J connectivity index is 3.00. The molecule has 0 bridgehead atoms. The molecule has 1 aromatic rings. The van der Waals surface area contributed by atoms with Crippen molar-refractivity contribution in [3.05, 3.63) is 32.7 Å². The van der Waals surface area contributed by atoms with Crippen molar-refractivity contribution in [3.63, 3.8) is 0 Å². The monoisotopic (exact) mass is 358 g/mol. The third kappa shape index (κ3) is 3.83. The van der Waals surface area contributed by atoms with Crippen LogP contribution >= 0.6 is 31.9 Å². The number of amides is 1. The molecule has 5 heteroatoms. The van der Waals surface area contributed by atoms with Crippen LogP contribution in [0.25, 0.3) is 0 Å². The Labute approximate surface area is 118 Å². The molecule has 0 aliphatic rings. The minimum Gasteiger partial charge on any atom is -0.325 e. The van der Waals surface area contributed by atoms with Crippen LogP contribution in [0.5, 0.6) is 0 Å². The molecular formula is C12H12Br2N2O. The van der Waals surface area contributed by atoms with E-state index in [0.29, 0.717) is 12.1 Å². The van der Waals surface area contributed by atoms with E-state index in [-0.39, 0.29) is 12.5 Å². The molecule has 3 nitrogen and oxygen atoms in total. The Bertz CT molecular complexity index is 454. The SMILES string of the molecule is CCCN(CC#N)C(=O)c1cc(Br)ccc1Br. The number of carbonyl (C=O) groups is 1. The molecule has 0 spiro atoms. The lowest BCUT2D eigenvalue weighted by atomic mass is 10.2. The predicted octanol–water partition coefficient (Wildman–Crippen LogP) is 3.59. The number of hydrogen-bond acceptors (Lipinski definition) is 2. The smallest absolute Gasteiger partial charge is 0.255 e. The molecule has 0 unspecified atom stereocenters. The van der Waals surface area contributed by atoms with Crippen molar-refractivity contribution in [1.82, 2.24) is 4.90 Å². The van der Waals surface area contributed by atoms with E-state index in [1.54, 1.807) is 11.0 Å². The predicted molar refractivity (Wildman–Crippen MR) is 73.6 cm³/mol. The van der Waals surface area contributed by atoms with Crippen LogP contribution in [-0.4, -0.2) is 23.9 Å². The van der Waals surface area contributed by atoms with Gasteiger partial charge in [0.1, 0.15) is 6.54 Å². The molecule has 0 fully saturated rings. The molecule has 0 saturated carbocycles. The highest BCUT2D eigenvalue weighted by Crippen LogP contribution is 2.23. The summed E-state index contributed by atoms with van der Waals surface area (Å²) < 4.78 is 1.59. The molecule has 1 amide bonds. The van der Waals surface area contributed by atoms with Gasteiger partial charge in [-0.2, -0.15) is 5.26 Å². The number of nitriles is 1. The average molecular weight is 360 g/mol. The fraction of sp³-hybridized carbons (Fsp3) is 0.333. The van der Waals surface area contributed by atoms with Gasteiger partial charge in [-0.15, -0.1) is 0 Å². The van der Waals surface area contributed by atoms with Crippen molar-refractivity contribution in [1.29, 1.82) is 5.26 Å². The Hall–Kier alpha value is -0.860. The molecule has 0 aliphatic carbocycles. The number of rotatable bonds is 4. The summed E-state index contributed by atoms with van der Waals surface area (Å²) in [5, 5.41) is 8.72. The fourth-order valence-electron chi connectivity index (χ4n) is 1.44. The molecule has 0 aromatic heterocycles. The lowest BCUT2D eigenvalue weighted by molar-refractivity contribution is 0.0775. The maximum atomic E-state index is 12.2. The Kier molecular flexibility index (Phi) is 5.66. The Morgan fingerprint density at radius 2 is 2.18 bits per heavy atom. The Morgan fingerprint density at radius 1 is 1.47 bits per heavy atom. The van der Waals surface area contributed by atoms with Crippen molar-refractivity contribution in [3.8, 4) is 6.07 Å². The van der Waals surface area contributed by atoms with Crippen LogP contribution in [-0.2, 0) is 0 Å². The highest BCUT2D eigenvalue weighted by atomic mass is 79.9. The second-order valence-corrected chi connectivity index (χ2v) is 5.28. The first-order valence-corrected chi connectivity index (χ1v) is 6.80. The zero-order valence-electron chi connectivity index (χ0n) is 9.41. The third-order valence-electron chi connectivity index (χ3n) is 2.20. The van der Waals surface area contributed by atoms with Gasteiger partial charge in [-0.25, -0.2) is 0 Å². The van der Waals surface area contributed by atoms with Gasteiger partial charge >= 0.3 is 0 Å². The first-order valence-electron chi connectivity index (χ1n) is 5.21. The van der Waals surface area contributed by atoms with E-state index in [2.05, 4.69) is 31.9 Å².